The molecule has 0 spiro atoms. The molecule has 1 aliphatic carbocycles. The Morgan fingerprint density at radius 3 is 2.47 bits per heavy atom. The summed E-state index contributed by atoms with van der Waals surface area (Å²) in [5.41, 5.74) is 0.126. The summed E-state index contributed by atoms with van der Waals surface area (Å²) >= 11 is 1.06. The van der Waals surface area contributed by atoms with Crippen molar-refractivity contribution in [2.24, 2.45) is 0 Å². The number of hydrogen-bond donors (Lipinski definition) is 3. The van der Waals surface area contributed by atoms with E-state index in [-0.39, 0.29) is 17.2 Å². The second-order valence-electron chi connectivity index (χ2n) is 7.38. The number of nitrogens with one attached hydrogen (secondary N) is 1. The van der Waals surface area contributed by atoms with Crippen LogP contribution in [0, 0.1) is 0 Å². The van der Waals surface area contributed by atoms with Crippen LogP contribution in [-0.4, -0.2) is 54.2 Å². The fourth-order valence-electron chi connectivity index (χ4n) is 3.74. The molecule has 2 heterocycles. The summed E-state index contributed by atoms with van der Waals surface area (Å²) in [7, 11) is -4.03. The minimum Gasteiger partial charge on any atom is -0.480 e. The average molecular weight is 449 g/mol. The summed E-state index contributed by atoms with van der Waals surface area (Å²) in [6, 6.07) is 12.1. The van der Waals surface area contributed by atoms with Crippen molar-refractivity contribution in [2.45, 2.75) is 28.5 Å². The first-order valence-electron chi connectivity index (χ1n) is 9.32. The molecule has 1 fully saturated rings. The SMILES string of the molecule is O=C(O)N1CC=C(c2ccc(S(=O)(=O)NC3(C(=O)O)CC3c3ccccc3)s2)CC1. The Morgan fingerprint density at radius 2 is 1.87 bits per heavy atom. The van der Waals surface area contributed by atoms with Crippen molar-refractivity contribution < 1.29 is 28.2 Å². The number of nitrogens with zero attached hydrogens (tertiary/aromatic N) is 1. The van der Waals surface area contributed by atoms with Crippen LogP contribution in [0.5, 0.6) is 0 Å². The zero-order chi connectivity index (χ0) is 21.5. The Bertz CT molecular complexity index is 1130. The van der Waals surface area contributed by atoms with Gasteiger partial charge < -0.3 is 15.1 Å². The van der Waals surface area contributed by atoms with Gasteiger partial charge in [-0.1, -0.05) is 36.4 Å². The van der Waals surface area contributed by atoms with E-state index in [1.165, 1.54) is 11.0 Å². The number of aliphatic carboxylic acids is 1. The van der Waals surface area contributed by atoms with Crippen LogP contribution in [0.4, 0.5) is 4.79 Å². The highest BCUT2D eigenvalue weighted by Crippen LogP contribution is 2.52. The molecule has 2 aromatic rings. The van der Waals surface area contributed by atoms with E-state index >= 15 is 0 Å². The standard InChI is InChI=1S/C20H20N2O6S2/c23-18(24)20(12-15(20)13-4-2-1-3-5-13)21-30(27,28)17-7-6-16(29-17)14-8-10-22(11-9-14)19(25)26/h1-8,15,21H,9-12H2,(H,23,24)(H,25,26). The van der Waals surface area contributed by atoms with E-state index in [0.29, 0.717) is 13.0 Å². The van der Waals surface area contributed by atoms with Crippen molar-refractivity contribution in [2.75, 3.05) is 13.1 Å². The molecular weight excluding hydrogens is 428 g/mol. The van der Waals surface area contributed by atoms with E-state index in [0.717, 1.165) is 27.4 Å². The van der Waals surface area contributed by atoms with Gasteiger partial charge in [-0.3, -0.25) is 4.79 Å². The molecule has 2 unspecified atom stereocenters. The van der Waals surface area contributed by atoms with Crippen molar-refractivity contribution in [3.63, 3.8) is 0 Å². The summed E-state index contributed by atoms with van der Waals surface area (Å²) in [5.74, 6) is -1.62. The molecule has 8 nitrogen and oxygen atoms in total. The van der Waals surface area contributed by atoms with Crippen LogP contribution in [-0.2, 0) is 14.8 Å². The van der Waals surface area contributed by atoms with Gasteiger partial charge in [-0.2, -0.15) is 4.72 Å². The molecule has 0 bridgehead atoms. The van der Waals surface area contributed by atoms with Crippen molar-refractivity contribution in [3.8, 4) is 0 Å². The van der Waals surface area contributed by atoms with Gasteiger partial charge in [-0.05, 0) is 36.1 Å². The fourth-order valence-corrected chi connectivity index (χ4v) is 6.52. The third-order valence-electron chi connectivity index (χ3n) is 5.50. The number of thiophene rings is 1. The van der Waals surface area contributed by atoms with Gasteiger partial charge in [0, 0.05) is 23.9 Å². The van der Waals surface area contributed by atoms with Crippen molar-refractivity contribution in [3.05, 3.63) is 59.0 Å². The molecule has 10 heteroatoms. The lowest BCUT2D eigenvalue weighted by molar-refractivity contribution is -0.140. The van der Waals surface area contributed by atoms with E-state index in [1.807, 2.05) is 6.07 Å². The lowest BCUT2D eigenvalue weighted by atomic mass is 10.1. The summed E-state index contributed by atoms with van der Waals surface area (Å²) in [5, 5.41) is 18.8. The topological polar surface area (TPSA) is 124 Å². The van der Waals surface area contributed by atoms with Crippen LogP contribution in [0.2, 0.25) is 0 Å². The second kappa shape index (κ2) is 7.53. The van der Waals surface area contributed by atoms with E-state index in [9.17, 15) is 23.1 Å². The molecule has 3 N–H and O–H groups in total. The van der Waals surface area contributed by atoms with Gasteiger partial charge in [0.15, 0.2) is 0 Å². The highest BCUT2D eigenvalue weighted by Gasteiger charge is 2.63. The molecule has 1 aromatic heterocycles. The normalized spacial score (nSPS) is 23.7. The maximum atomic E-state index is 12.9. The second-order valence-corrected chi connectivity index (χ2v) is 10.4. The summed E-state index contributed by atoms with van der Waals surface area (Å²) in [6.07, 6.45) is 1.48. The predicted molar refractivity (Wildman–Crippen MR) is 111 cm³/mol. The average Bonchev–Trinajstić information content (AvgIpc) is 3.21. The summed E-state index contributed by atoms with van der Waals surface area (Å²) in [6.45, 7) is 0.601. The zero-order valence-electron chi connectivity index (χ0n) is 15.8. The van der Waals surface area contributed by atoms with Gasteiger partial charge in [0.05, 0.1) is 0 Å². The molecular formula is C20H20N2O6S2. The first-order valence-corrected chi connectivity index (χ1v) is 11.6. The number of amides is 1. The van der Waals surface area contributed by atoms with E-state index < -0.39 is 33.5 Å². The van der Waals surface area contributed by atoms with Gasteiger partial charge in [-0.25, -0.2) is 13.2 Å². The predicted octanol–water partition coefficient (Wildman–Crippen LogP) is 2.80. The number of carboxylic acids is 1. The Labute approximate surface area is 177 Å². The highest BCUT2D eigenvalue weighted by molar-refractivity contribution is 7.91. The Hall–Kier alpha value is -2.69. The van der Waals surface area contributed by atoms with Crippen molar-refractivity contribution in [1.29, 1.82) is 0 Å². The monoisotopic (exact) mass is 448 g/mol. The Balaban J connectivity index is 1.53. The van der Waals surface area contributed by atoms with Crippen molar-refractivity contribution in [1.82, 2.24) is 9.62 Å². The summed E-state index contributed by atoms with van der Waals surface area (Å²) < 4.78 is 28.3. The maximum Gasteiger partial charge on any atom is 0.407 e. The van der Waals surface area contributed by atoms with Crippen LogP contribution in [0.1, 0.15) is 29.2 Å². The maximum absolute atomic E-state index is 12.9. The molecule has 30 heavy (non-hydrogen) atoms. The fraction of sp³-hybridized carbons (Fsp3) is 0.300. The van der Waals surface area contributed by atoms with Gasteiger partial charge >= 0.3 is 12.1 Å². The Morgan fingerprint density at radius 1 is 1.13 bits per heavy atom. The number of sulfonamides is 1. The molecule has 0 saturated heterocycles. The lowest BCUT2D eigenvalue weighted by Crippen LogP contribution is -2.44. The third-order valence-corrected chi connectivity index (χ3v) is 8.67. The number of carbonyl (C=O) groups is 2. The van der Waals surface area contributed by atoms with Crippen LogP contribution < -0.4 is 4.72 Å². The van der Waals surface area contributed by atoms with E-state index in [4.69, 9.17) is 5.11 Å². The molecule has 158 valence electrons. The number of rotatable bonds is 6. The van der Waals surface area contributed by atoms with Crippen LogP contribution in [0.25, 0.3) is 5.57 Å². The van der Waals surface area contributed by atoms with Crippen LogP contribution in [0.3, 0.4) is 0 Å². The van der Waals surface area contributed by atoms with E-state index in [2.05, 4.69) is 4.72 Å². The first-order chi connectivity index (χ1) is 14.2. The van der Waals surface area contributed by atoms with Crippen molar-refractivity contribution >= 4 is 39.0 Å². The first kappa shape index (κ1) is 20.6. The minimum absolute atomic E-state index is 0.0402. The highest BCUT2D eigenvalue weighted by atomic mass is 32.2. The molecule has 2 atom stereocenters. The molecule has 4 rings (SSSR count). The molecule has 1 aliphatic heterocycles. The number of hydrogen-bond acceptors (Lipinski definition) is 5. The molecule has 0 radical (unpaired) electrons. The quantitative estimate of drug-likeness (QED) is 0.624. The number of benzene rings is 1. The Kier molecular flexibility index (Phi) is 5.16. The van der Waals surface area contributed by atoms with Crippen LogP contribution >= 0.6 is 11.3 Å². The zero-order valence-corrected chi connectivity index (χ0v) is 17.4. The smallest absolute Gasteiger partial charge is 0.407 e. The van der Waals surface area contributed by atoms with Gasteiger partial charge in [0.2, 0.25) is 0 Å². The molecule has 2 aliphatic rings. The molecule has 1 aromatic carbocycles. The van der Waals surface area contributed by atoms with Gasteiger partial charge in [-0.15, -0.1) is 11.3 Å². The third kappa shape index (κ3) is 3.73. The largest absolute Gasteiger partial charge is 0.480 e. The molecule has 1 saturated carbocycles. The van der Waals surface area contributed by atoms with Gasteiger partial charge in [0.1, 0.15) is 9.75 Å². The lowest BCUT2D eigenvalue weighted by Gasteiger charge is -2.23. The van der Waals surface area contributed by atoms with Gasteiger partial charge in [0.25, 0.3) is 10.0 Å². The minimum atomic E-state index is -4.03. The summed E-state index contributed by atoms with van der Waals surface area (Å²) in [4.78, 5) is 25.0. The van der Waals surface area contributed by atoms with Crippen LogP contribution in [0.15, 0.2) is 52.7 Å². The molecule has 1 amide bonds. The van der Waals surface area contributed by atoms with E-state index in [1.54, 1.807) is 36.4 Å². The number of carboxylic acid groups (broad SMARTS) is 2.